The van der Waals surface area contributed by atoms with Crippen molar-refractivity contribution in [3.05, 3.63) is 63.8 Å². The van der Waals surface area contributed by atoms with Gasteiger partial charge >= 0.3 is 0 Å². The molecular weight excluding hydrogens is 395 g/mol. The summed E-state index contributed by atoms with van der Waals surface area (Å²) in [6.07, 6.45) is 0.215. The van der Waals surface area contributed by atoms with Crippen LogP contribution < -0.4 is 4.74 Å². The number of ether oxygens (including phenoxy) is 1. The minimum absolute atomic E-state index is 0.00372. The van der Waals surface area contributed by atoms with Gasteiger partial charge in [-0.05, 0) is 42.2 Å². The van der Waals surface area contributed by atoms with E-state index in [1.165, 1.54) is 10.9 Å². The summed E-state index contributed by atoms with van der Waals surface area (Å²) >= 11 is 12.3. The van der Waals surface area contributed by atoms with Crippen LogP contribution in [0, 0.1) is 5.92 Å². The van der Waals surface area contributed by atoms with Crippen molar-refractivity contribution < 1.29 is 9.53 Å². The van der Waals surface area contributed by atoms with Crippen LogP contribution in [-0.2, 0) is 16.8 Å². The van der Waals surface area contributed by atoms with E-state index in [1.54, 1.807) is 18.2 Å². The van der Waals surface area contributed by atoms with Crippen molar-refractivity contribution in [2.75, 3.05) is 6.54 Å². The Labute approximate surface area is 173 Å². The maximum Gasteiger partial charge on any atom is 0.267 e. The lowest BCUT2D eigenvalue weighted by Crippen LogP contribution is -2.77. The molecule has 28 heavy (non-hydrogen) atoms. The van der Waals surface area contributed by atoms with E-state index < -0.39 is 11.6 Å². The number of carbonyl (C=O) groups excluding carboxylic acids is 1. The molecule has 2 atom stereocenters. The third kappa shape index (κ3) is 2.22. The van der Waals surface area contributed by atoms with E-state index in [1.807, 2.05) is 11.0 Å². The first-order chi connectivity index (χ1) is 13.4. The van der Waals surface area contributed by atoms with Crippen LogP contribution in [0.4, 0.5) is 0 Å². The summed E-state index contributed by atoms with van der Waals surface area (Å²) < 4.78 is 6.23. The number of hydrogen-bond donors (Lipinski definition) is 1. The molecule has 0 spiro atoms. The van der Waals surface area contributed by atoms with E-state index >= 15 is 0 Å². The smallest absolute Gasteiger partial charge is 0.267 e. The van der Waals surface area contributed by atoms with Crippen molar-refractivity contribution in [3.63, 3.8) is 0 Å². The maximum atomic E-state index is 13.0. The van der Waals surface area contributed by atoms with Gasteiger partial charge in [-0.3, -0.25) is 4.79 Å². The number of nitrogens with zero attached hydrogens (tertiary/aromatic N) is 1. The lowest BCUT2D eigenvalue weighted by atomic mass is 9.66. The van der Waals surface area contributed by atoms with Gasteiger partial charge in [0.25, 0.3) is 5.91 Å². The molecular formula is C22H20Cl2N2O2. The van der Waals surface area contributed by atoms with Gasteiger partial charge in [0.15, 0.2) is 0 Å². The molecule has 4 nitrogen and oxygen atoms in total. The standard InChI is InChI=1S/C22H20Cl2N2O2/c1-12(2)22-19-15(14-5-3-4-6-17(14)25-19)9-10-26(22)21(27)20(22)28-18-8-7-13(23)11-16(18)24/h3-8,11-12,20,25H,9-10H2,1-2H3/t20-,22+/m1/s1. The quantitative estimate of drug-likeness (QED) is 0.600. The van der Waals surface area contributed by atoms with Crippen molar-refractivity contribution in [3.8, 4) is 5.75 Å². The van der Waals surface area contributed by atoms with Gasteiger partial charge in [-0.2, -0.15) is 0 Å². The Balaban J connectivity index is 1.66. The number of aromatic amines is 1. The molecule has 1 amide bonds. The van der Waals surface area contributed by atoms with E-state index in [-0.39, 0.29) is 11.8 Å². The molecule has 0 unspecified atom stereocenters. The zero-order chi connectivity index (χ0) is 19.6. The lowest BCUT2D eigenvalue weighted by molar-refractivity contribution is -0.194. The molecule has 0 radical (unpaired) electrons. The first-order valence-corrected chi connectivity index (χ1v) is 10.2. The molecule has 3 heterocycles. The number of β-lactam (4-membered cyclic amide) rings is 1. The van der Waals surface area contributed by atoms with Crippen LogP contribution in [0.25, 0.3) is 10.9 Å². The third-order valence-corrected chi connectivity index (χ3v) is 6.69. The molecule has 0 aliphatic carbocycles. The number of halogens is 2. The monoisotopic (exact) mass is 414 g/mol. The topological polar surface area (TPSA) is 45.3 Å². The Kier molecular flexibility index (Phi) is 3.94. The van der Waals surface area contributed by atoms with Gasteiger partial charge in [0.05, 0.1) is 10.7 Å². The van der Waals surface area contributed by atoms with Crippen molar-refractivity contribution in [1.29, 1.82) is 0 Å². The van der Waals surface area contributed by atoms with Gasteiger partial charge < -0.3 is 14.6 Å². The van der Waals surface area contributed by atoms with E-state index in [9.17, 15) is 4.79 Å². The number of hydrogen-bond acceptors (Lipinski definition) is 2. The molecule has 2 aliphatic rings. The van der Waals surface area contributed by atoms with Gasteiger partial charge in [0.2, 0.25) is 6.10 Å². The SMILES string of the molecule is CC(C)[C@@]12c3[nH]c4ccccc4c3CCN1C(=O)[C@H]2Oc1ccc(Cl)cc1Cl. The molecule has 0 saturated carbocycles. The van der Waals surface area contributed by atoms with Gasteiger partial charge in [0, 0.05) is 22.5 Å². The highest BCUT2D eigenvalue weighted by atomic mass is 35.5. The molecule has 1 saturated heterocycles. The van der Waals surface area contributed by atoms with Crippen molar-refractivity contribution >= 4 is 40.0 Å². The number of amides is 1. The Morgan fingerprint density at radius 3 is 2.75 bits per heavy atom. The Hall–Kier alpha value is -2.17. The van der Waals surface area contributed by atoms with Crippen molar-refractivity contribution in [1.82, 2.24) is 9.88 Å². The summed E-state index contributed by atoms with van der Waals surface area (Å²) in [6.45, 7) is 4.97. The van der Waals surface area contributed by atoms with Crippen LogP contribution in [0.1, 0.15) is 25.1 Å². The molecule has 5 rings (SSSR count). The highest BCUT2D eigenvalue weighted by molar-refractivity contribution is 6.35. The zero-order valence-corrected chi connectivity index (χ0v) is 17.1. The minimum atomic E-state index is -0.627. The summed E-state index contributed by atoms with van der Waals surface area (Å²) in [5.74, 6) is 0.643. The number of aromatic nitrogens is 1. The molecule has 6 heteroatoms. The molecule has 2 aromatic carbocycles. The average molecular weight is 415 g/mol. The third-order valence-electron chi connectivity index (χ3n) is 6.16. The zero-order valence-electron chi connectivity index (χ0n) is 15.6. The molecule has 2 aliphatic heterocycles. The second-order valence-corrected chi connectivity index (χ2v) is 8.66. The predicted octanol–water partition coefficient (Wildman–Crippen LogP) is 5.17. The van der Waals surface area contributed by atoms with Crippen LogP contribution in [0.5, 0.6) is 5.75 Å². The van der Waals surface area contributed by atoms with Crippen LogP contribution in [0.15, 0.2) is 42.5 Å². The minimum Gasteiger partial charge on any atom is -0.476 e. The van der Waals surface area contributed by atoms with E-state index in [4.69, 9.17) is 27.9 Å². The normalized spacial score (nSPS) is 23.5. The second kappa shape index (κ2) is 6.16. The van der Waals surface area contributed by atoms with Crippen LogP contribution >= 0.6 is 23.2 Å². The van der Waals surface area contributed by atoms with Gasteiger partial charge in [-0.1, -0.05) is 55.2 Å². The fourth-order valence-corrected chi connectivity index (χ4v) is 5.37. The maximum absolute atomic E-state index is 13.0. The van der Waals surface area contributed by atoms with E-state index in [0.29, 0.717) is 22.3 Å². The average Bonchev–Trinajstić information content (AvgIpc) is 3.04. The van der Waals surface area contributed by atoms with Crippen LogP contribution in [0.2, 0.25) is 10.0 Å². The second-order valence-electron chi connectivity index (χ2n) is 7.82. The van der Waals surface area contributed by atoms with Gasteiger partial charge in [0.1, 0.15) is 11.3 Å². The lowest BCUT2D eigenvalue weighted by Gasteiger charge is -2.60. The highest BCUT2D eigenvalue weighted by Crippen LogP contribution is 2.53. The fraction of sp³-hybridized carbons (Fsp3) is 0.318. The van der Waals surface area contributed by atoms with Crippen molar-refractivity contribution in [2.45, 2.75) is 31.9 Å². The van der Waals surface area contributed by atoms with Gasteiger partial charge in [-0.15, -0.1) is 0 Å². The predicted molar refractivity (Wildman–Crippen MR) is 111 cm³/mol. The first kappa shape index (κ1) is 17.9. The molecule has 1 aromatic heterocycles. The Bertz CT molecular complexity index is 1110. The summed E-state index contributed by atoms with van der Waals surface area (Å²) in [7, 11) is 0. The van der Waals surface area contributed by atoms with Crippen molar-refractivity contribution in [2.24, 2.45) is 5.92 Å². The molecule has 0 bridgehead atoms. The largest absolute Gasteiger partial charge is 0.476 e. The van der Waals surface area contributed by atoms with Gasteiger partial charge in [-0.25, -0.2) is 0 Å². The number of fused-ring (bicyclic) bond motifs is 5. The molecule has 1 fully saturated rings. The number of rotatable bonds is 3. The van der Waals surface area contributed by atoms with Crippen LogP contribution in [0.3, 0.4) is 0 Å². The van der Waals surface area contributed by atoms with E-state index in [2.05, 4.69) is 37.0 Å². The van der Waals surface area contributed by atoms with Crippen LogP contribution in [-0.4, -0.2) is 28.4 Å². The highest BCUT2D eigenvalue weighted by Gasteiger charge is 2.67. The number of carbonyl (C=O) groups is 1. The number of benzene rings is 2. The molecule has 144 valence electrons. The number of nitrogens with one attached hydrogen (secondary N) is 1. The summed E-state index contributed by atoms with van der Waals surface area (Å²) in [5.41, 5.74) is 2.93. The Morgan fingerprint density at radius 2 is 2.00 bits per heavy atom. The fourth-order valence-electron chi connectivity index (χ4n) is 4.92. The number of para-hydroxylation sites is 1. The first-order valence-electron chi connectivity index (χ1n) is 9.48. The summed E-state index contributed by atoms with van der Waals surface area (Å²) in [4.78, 5) is 18.6. The Morgan fingerprint density at radius 1 is 1.21 bits per heavy atom. The number of H-pyrrole nitrogens is 1. The molecule has 3 aromatic rings. The summed E-state index contributed by atoms with van der Waals surface area (Å²) in [5, 5.41) is 2.16. The van der Waals surface area contributed by atoms with E-state index in [0.717, 1.165) is 17.6 Å². The molecule has 1 N–H and O–H groups in total. The summed E-state index contributed by atoms with van der Waals surface area (Å²) in [6, 6.07) is 13.4.